The van der Waals surface area contributed by atoms with Gasteiger partial charge in [-0.15, -0.1) is 0 Å². The van der Waals surface area contributed by atoms with Gasteiger partial charge in [-0.25, -0.2) is 8.42 Å². The van der Waals surface area contributed by atoms with Crippen LogP contribution in [0.2, 0.25) is 0 Å². The summed E-state index contributed by atoms with van der Waals surface area (Å²) in [5, 5.41) is 2.90. The summed E-state index contributed by atoms with van der Waals surface area (Å²) in [5.74, 6) is -0.215. The van der Waals surface area contributed by atoms with Crippen LogP contribution in [0, 0.1) is 13.8 Å². The Balaban J connectivity index is 2.04. The highest BCUT2D eigenvalue weighted by Gasteiger charge is 2.33. The Kier molecular flexibility index (Phi) is 10.7. The minimum atomic E-state index is -4.14. The number of carbonyl (C=O) groups is 2. The highest BCUT2D eigenvalue weighted by molar-refractivity contribution is 7.92. The first-order chi connectivity index (χ1) is 19.1. The standard InChI is InChI=1S/C31H39N3O5S/c1-6-19-32-31(36)29(7-2)33(21-25-10-8-9-24(4)20-25)30(35)22-34(26-13-11-23(3)12-14-26)40(37,38)28-17-15-27(39-5)16-18-28/h8-18,20,29H,6-7,19,21-22H2,1-5H3,(H,32,36)/t29-/m1/s1. The number of sulfonamides is 1. The van der Waals surface area contributed by atoms with Gasteiger partial charge in [0.15, 0.2) is 0 Å². The largest absolute Gasteiger partial charge is 0.497 e. The molecule has 0 saturated carbocycles. The van der Waals surface area contributed by atoms with Crippen LogP contribution in [0.15, 0.2) is 77.7 Å². The lowest BCUT2D eigenvalue weighted by atomic mass is 10.1. The van der Waals surface area contributed by atoms with Crippen molar-refractivity contribution in [1.29, 1.82) is 0 Å². The molecule has 0 aromatic heterocycles. The molecule has 3 aromatic rings. The Bertz CT molecular complexity index is 1390. The molecule has 0 heterocycles. The lowest BCUT2D eigenvalue weighted by Gasteiger charge is -2.33. The van der Waals surface area contributed by atoms with Crippen LogP contribution in [0.25, 0.3) is 0 Å². The van der Waals surface area contributed by atoms with Gasteiger partial charge >= 0.3 is 0 Å². The van der Waals surface area contributed by atoms with Crippen LogP contribution in [-0.2, 0) is 26.2 Å². The number of hydrogen-bond donors (Lipinski definition) is 1. The minimum Gasteiger partial charge on any atom is -0.497 e. The fourth-order valence-electron chi connectivity index (χ4n) is 4.41. The summed E-state index contributed by atoms with van der Waals surface area (Å²) in [6, 6.07) is 20.0. The fourth-order valence-corrected chi connectivity index (χ4v) is 5.82. The lowest BCUT2D eigenvalue weighted by molar-refractivity contribution is -0.140. The van der Waals surface area contributed by atoms with E-state index >= 15 is 0 Å². The van der Waals surface area contributed by atoms with Gasteiger partial charge < -0.3 is 15.0 Å². The molecule has 0 fully saturated rings. The molecule has 0 aliphatic rings. The Labute approximate surface area is 238 Å². The number of benzene rings is 3. The molecular formula is C31H39N3O5S. The van der Waals surface area contributed by atoms with Crippen molar-refractivity contribution in [2.45, 2.75) is 58.0 Å². The van der Waals surface area contributed by atoms with E-state index in [2.05, 4.69) is 5.32 Å². The number of amides is 2. The third-order valence-corrected chi connectivity index (χ3v) is 8.41. The second-order valence-corrected chi connectivity index (χ2v) is 11.6. The molecule has 0 radical (unpaired) electrons. The molecule has 0 unspecified atom stereocenters. The van der Waals surface area contributed by atoms with Crippen LogP contribution in [0.1, 0.15) is 43.4 Å². The Hall–Kier alpha value is -3.85. The summed E-state index contributed by atoms with van der Waals surface area (Å²) in [4.78, 5) is 28.7. The van der Waals surface area contributed by atoms with E-state index in [1.165, 1.54) is 24.1 Å². The van der Waals surface area contributed by atoms with E-state index in [4.69, 9.17) is 4.74 Å². The van der Waals surface area contributed by atoms with Gasteiger partial charge in [0.05, 0.1) is 17.7 Å². The van der Waals surface area contributed by atoms with Crippen molar-refractivity contribution < 1.29 is 22.7 Å². The maximum absolute atomic E-state index is 14.1. The summed E-state index contributed by atoms with van der Waals surface area (Å²) >= 11 is 0. The van der Waals surface area contributed by atoms with Gasteiger partial charge in [-0.1, -0.05) is 61.4 Å². The topological polar surface area (TPSA) is 96.0 Å². The Morgan fingerprint density at radius 1 is 0.925 bits per heavy atom. The Morgan fingerprint density at radius 2 is 1.60 bits per heavy atom. The molecule has 2 amide bonds. The van der Waals surface area contributed by atoms with E-state index in [-0.39, 0.29) is 17.3 Å². The van der Waals surface area contributed by atoms with Crippen LogP contribution in [0.3, 0.4) is 0 Å². The molecule has 0 aliphatic heterocycles. The number of methoxy groups -OCH3 is 1. The molecule has 9 heteroatoms. The van der Waals surface area contributed by atoms with Crippen molar-refractivity contribution in [2.24, 2.45) is 0 Å². The van der Waals surface area contributed by atoms with Gasteiger partial charge in [-0.3, -0.25) is 13.9 Å². The molecule has 8 nitrogen and oxygen atoms in total. The minimum absolute atomic E-state index is 0.0274. The molecule has 0 bridgehead atoms. The number of nitrogens with one attached hydrogen (secondary N) is 1. The molecule has 3 aromatic carbocycles. The zero-order valence-corrected chi connectivity index (χ0v) is 24.7. The van der Waals surface area contributed by atoms with E-state index in [0.29, 0.717) is 24.4 Å². The average molecular weight is 566 g/mol. The van der Waals surface area contributed by atoms with E-state index < -0.39 is 28.5 Å². The number of anilines is 1. The summed E-state index contributed by atoms with van der Waals surface area (Å²) in [6.07, 6.45) is 1.14. The molecular weight excluding hydrogens is 526 g/mol. The van der Waals surface area contributed by atoms with E-state index in [9.17, 15) is 18.0 Å². The third kappa shape index (κ3) is 7.63. The third-order valence-electron chi connectivity index (χ3n) is 6.62. The van der Waals surface area contributed by atoms with Crippen LogP contribution in [-0.4, -0.2) is 51.4 Å². The molecule has 0 spiro atoms. The Morgan fingerprint density at radius 3 is 2.17 bits per heavy atom. The van der Waals surface area contributed by atoms with Crippen molar-refractivity contribution >= 4 is 27.5 Å². The lowest BCUT2D eigenvalue weighted by Crippen LogP contribution is -2.52. The maximum Gasteiger partial charge on any atom is 0.264 e. The van der Waals surface area contributed by atoms with Gasteiger partial charge in [0, 0.05) is 13.1 Å². The van der Waals surface area contributed by atoms with Gasteiger partial charge in [0.1, 0.15) is 18.3 Å². The second-order valence-electron chi connectivity index (χ2n) is 9.75. The summed E-state index contributed by atoms with van der Waals surface area (Å²) in [7, 11) is -2.63. The van der Waals surface area contributed by atoms with Crippen LogP contribution in [0.4, 0.5) is 5.69 Å². The smallest absolute Gasteiger partial charge is 0.264 e. The monoisotopic (exact) mass is 565 g/mol. The van der Waals surface area contributed by atoms with Crippen molar-refractivity contribution in [3.8, 4) is 5.75 Å². The molecule has 0 saturated heterocycles. The quantitative estimate of drug-likeness (QED) is 0.320. The normalized spacial score (nSPS) is 11.9. The zero-order valence-electron chi connectivity index (χ0n) is 23.9. The molecule has 40 heavy (non-hydrogen) atoms. The van der Waals surface area contributed by atoms with Crippen molar-refractivity contribution in [3.05, 3.63) is 89.5 Å². The molecule has 0 aliphatic carbocycles. The van der Waals surface area contributed by atoms with Crippen LogP contribution >= 0.6 is 0 Å². The molecule has 214 valence electrons. The van der Waals surface area contributed by atoms with Crippen molar-refractivity contribution in [2.75, 3.05) is 24.5 Å². The molecule has 1 N–H and O–H groups in total. The fraction of sp³-hybridized carbons (Fsp3) is 0.355. The first-order valence-electron chi connectivity index (χ1n) is 13.5. The average Bonchev–Trinajstić information content (AvgIpc) is 2.95. The number of rotatable bonds is 13. The van der Waals surface area contributed by atoms with E-state index in [0.717, 1.165) is 27.4 Å². The first kappa shape index (κ1) is 30.7. The summed E-state index contributed by atoms with van der Waals surface area (Å²) in [5.41, 5.74) is 3.19. The molecule has 3 rings (SSSR count). The number of aryl methyl sites for hydroxylation is 2. The van der Waals surface area contributed by atoms with Gasteiger partial charge in [-0.2, -0.15) is 0 Å². The van der Waals surface area contributed by atoms with Crippen LogP contribution in [0.5, 0.6) is 5.75 Å². The SMILES string of the molecule is CCCNC(=O)[C@@H](CC)N(Cc1cccc(C)c1)C(=O)CN(c1ccc(C)cc1)S(=O)(=O)c1ccc(OC)cc1. The van der Waals surface area contributed by atoms with Crippen LogP contribution < -0.4 is 14.4 Å². The highest BCUT2D eigenvalue weighted by atomic mass is 32.2. The number of ether oxygens (including phenoxy) is 1. The van der Waals surface area contributed by atoms with Crippen molar-refractivity contribution in [1.82, 2.24) is 10.2 Å². The van der Waals surface area contributed by atoms with E-state index in [1.54, 1.807) is 36.4 Å². The number of nitrogens with zero attached hydrogens (tertiary/aromatic N) is 2. The maximum atomic E-state index is 14.1. The number of carbonyl (C=O) groups excluding carboxylic acids is 2. The van der Waals surface area contributed by atoms with Gasteiger partial charge in [0.2, 0.25) is 11.8 Å². The van der Waals surface area contributed by atoms with E-state index in [1.807, 2.05) is 52.0 Å². The van der Waals surface area contributed by atoms with Gasteiger partial charge in [-0.05, 0) is 68.7 Å². The second kappa shape index (κ2) is 14.0. The summed E-state index contributed by atoms with van der Waals surface area (Å²) in [6.45, 7) is 7.86. The predicted octanol–water partition coefficient (Wildman–Crippen LogP) is 4.84. The zero-order chi connectivity index (χ0) is 29.3. The molecule has 1 atom stereocenters. The highest BCUT2D eigenvalue weighted by Crippen LogP contribution is 2.26. The predicted molar refractivity (Wildman–Crippen MR) is 158 cm³/mol. The van der Waals surface area contributed by atoms with Crippen molar-refractivity contribution in [3.63, 3.8) is 0 Å². The first-order valence-corrected chi connectivity index (χ1v) is 14.9. The number of hydrogen-bond acceptors (Lipinski definition) is 5. The summed E-state index contributed by atoms with van der Waals surface area (Å²) < 4.78 is 34.1. The van der Waals surface area contributed by atoms with Gasteiger partial charge in [0.25, 0.3) is 10.0 Å².